The van der Waals surface area contributed by atoms with E-state index in [4.69, 9.17) is 0 Å². The Kier molecular flexibility index (Phi) is 12.5. The maximum Gasteiger partial charge on any atom is 0.289 e. The van der Waals surface area contributed by atoms with E-state index in [1.165, 1.54) is 12.2 Å². The van der Waals surface area contributed by atoms with Crippen LogP contribution in [0.5, 0.6) is 0 Å². The lowest BCUT2D eigenvalue weighted by Gasteiger charge is -2.25. The number of unbranched alkanes of at least 4 members (excludes halogenated alkanes) is 1. The summed E-state index contributed by atoms with van der Waals surface area (Å²) in [6.07, 6.45) is 4.68. The smallest absolute Gasteiger partial charge is 0.289 e. The zero-order valence-corrected chi connectivity index (χ0v) is 21.9. The highest BCUT2D eigenvalue weighted by Crippen LogP contribution is 2.39. The molecule has 0 saturated carbocycles. The molecule has 1 aromatic rings. The first-order valence-electron chi connectivity index (χ1n) is 12.1. The Morgan fingerprint density at radius 3 is 2.41 bits per heavy atom. The zero-order valence-electron chi connectivity index (χ0n) is 20.3. The average Bonchev–Trinajstić information content (AvgIpc) is 3.33. The fourth-order valence-electron chi connectivity index (χ4n) is 3.73. The molecule has 0 aliphatic carbocycles. The summed E-state index contributed by atoms with van der Waals surface area (Å²) < 4.78 is 0. The topological polar surface area (TPSA) is 104 Å². The van der Waals surface area contributed by atoms with Crippen LogP contribution in [-0.4, -0.2) is 53.1 Å². The summed E-state index contributed by atoms with van der Waals surface area (Å²) in [6.45, 7) is 5.74. The fraction of sp³-hybridized carbons (Fsp3) is 0.600. The summed E-state index contributed by atoms with van der Waals surface area (Å²) >= 11 is 0. The number of nitrogens with one attached hydrogen (secondary N) is 3. The minimum Gasteiger partial charge on any atom is -0.350 e. The molecule has 1 heterocycles. The maximum atomic E-state index is 13.1. The third kappa shape index (κ3) is 9.70. The van der Waals surface area contributed by atoms with Gasteiger partial charge in [0.1, 0.15) is 12.1 Å². The van der Waals surface area contributed by atoms with Crippen molar-refractivity contribution in [1.82, 2.24) is 16.0 Å². The molecular weight excluding hydrogens is 470 g/mol. The molecule has 9 heteroatoms. The van der Waals surface area contributed by atoms with E-state index in [1.807, 2.05) is 65.8 Å². The standard InChI is InChI=1S/C25H37N3O4S2/c1-4-26-25(32)23(30)20(16-18-10-6-5-7-11-18)27-24(31)22(17(2)3)28-21(29)13-9-8-12-19-14-15-33-34-19/h5-7,10-11,17,19-20,22H,4,8-9,12-16H2,1-3H3,(H,26,32)(H,27,31)(H,28,29)/t19?,20-,22-/m0/s1. The number of benzene rings is 1. The van der Waals surface area contributed by atoms with Gasteiger partial charge in [-0.3, -0.25) is 19.2 Å². The molecule has 0 radical (unpaired) electrons. The summed E-state index contributed by atoms with van der Waals surface area (Å²) in [5, 5.41) is 8.75. The predicted octanol–water partition coefficient (Wildman–Crippen LogP) is 3.27. The van der Waals surface area contributed by atoms with E-state index in [0.29, 0.717) is 18.2 Å². The van der Waals surface area contributed by atoms with Crippen LogP contribution in [0, 0.1) is 5.92 Å². The number of amides is 3. The fourth-order valence-corrected chi connectivity index (χ4v) is 6.76. The molecule has 0 bridgehead atoms. The van der Waals surface area contributed by atoms with E-state index in [9.17, 15) is 19.2 Å². The van der Waals surface area contributed by atoms with Gasteiger partial charge in [0.25, 0.3) is 5.91 Å². The Balaban J connectivity index is 1.95. The van der Waals surface area contributed by atoms with Gasteiger partial charge >= 0.3 is 0 Å². The number of ketones is 1. The monoisotopic (exact) mass is 507 g/mol. The van der Waals surface area contributed by atoms with Crippen molar-refractivity contribution in [2.45, 2.75) is 76.6 Å². The van der Waals surface area contributed by atoms with Crippen LogP contribution in [-0.2, 0) is 25.6 Å². The molecule has 34 heavy (non-hydrogen) atoms. The van der Waals surface area contributed by atoms with Crippen molar-refractivity contribution >= 4 is 45.1 Å². The number of rotatable bonds is 14. The second-order valence-electron chi connectivity index (χ2n) is 8.84. The van der Waals surface area contributed by atoms with Gasteiger partial charge < -0.3 is 16.0 Å². The molecule has 1 aliphatic heterocycles. The first-order valence-corrected chi connectivity index (χ1v) is 14.4. The van der Waals surface area contributed by atoms with Crippen molar-refractivity contribution in [2.24, 2.45) is 5.92 Å². The second-order valence-corrected chi connectivity index (χ2v) is 11.6. The molecule has 3 atom stereocenters. The first kappa shape index (κ1) is 28.2. The Labute approximate surface area is 210 Å². The molecular formula is C25H37N3O4S2. The summed E-state index contributed by atoms with van der Waals surface area (Å²) in [5.41, 5.74) is 0.828. The van der Waals surface area contributed by atoms with E-state index in [-0.39, 0.29) is 18.2 Å². The van der Waals surface area contributed by atoms with Gasteiger partial charge in [-0.2, -0.15) is 0 Å². The largest absolute Gasteiger partial charge is 0.350 e. The van der Waals surface area contributed by atoms with Gasteiger partial charge in [0.2, 0.25) is 17.6 Å². The van der Waals surface area contributed by atoms with Crippen LogP contribution < -0.4 is 16.0 Å². The van der Waals surface area contributed by atoms with E-state index < -0.39 is 29.7 Å². The third-order valence-corrected chi connectivity index (χ3v) is 8.66. The van der Waals surface area contributed by atoms with Gasteiger partial charge in [0, 0.05) is 30.4 Å². The van der Waals surface area contributed by atoms with Crippen molar-refractivity contribution in [1.29, 1.82) is 0 Å². The van der Waals surface area contributed by atoms with E-state index in [0.717, 1.165) is 24.8 Å². The number of hydrogen-bond donors (Lipinski definition) is 3. The molecule has 3 amide bonds. The lowest BCUT2D eigenvalue weighted by Crippen LogP contribution is -2.56. The highest BCUT2D eigenvalue weighted by molar-refractivity contribution is 8.77. The minimum atomic E-state index is -1.01. The normalized spacial score (nSPS) is 17.1. The van der Waals surface area contributed by atoms with Crippen LogP contribution in [0.2, 0.25) is 0 Å². The number of Topliss-reactive ketones (excluding diaryl/α,β-unsaturated/α-hetero) is 1. The number of carbonyl (C=O) groups is 4. The number of carbonyl (C=O) groups excluding carboxylic acids is 4. The zero-order chi connectivity index (χ0) is 24.9. The van der Waals surface area contributed by atoms with Crippen molar-refractivity contribution in [3.05, 3.63) is 35.9 Å². The van der Waals surface area contributed by atoms with Gasteiger partial charge in [-0.1, -0.05) is 72.2 Å². The van der Waals surface area contributed by atoms with Crippen molar-refractivity contribution in [2.75, 3.05) is 12.3 Å². The Bertz CT molecular complexity index is 814. The molecule has 1 aliphatic rings. The van der Waals surface area contributed by atoms with Gasteiger partial charge in [0.15, 0.2) is 0 Å². The van der Waals surface area contributed by atoms with Crippen LogP contribution in [0.4, 0.5) is 0 Å². The lowest BCUT2D eigenvalue weighted by molar-refractivity contribution is -0.140. The van der Waals surface area contributed by atoms with Crippen molar-refractivity contribution < 1.29 is 19.2 Å². The Morgan fingerprint density at radius 2 is 1.79 bits per heavy atom. The molecule has 2 rings (SSSR count). The molecule has 3 N–H and O–H groups in total. The highest BCUT2D eigenvalue weighted by Gasteiger charge is 2.31. The van der Waals surface area contributed by atoms with Crippen LogP contribution in [0.1, 0.15) is 58.4 Å². The molecule has 1 unspecified atom stereocenters. The van der Waals surface area contributed by atoms with Gasteiger partial charge in [-0.15, -0.1) is 0 Å². The quantitative estimate of drug-likeness (QED) is 0.203. The predicted molar refractivity (Wildman–Crippen MR) is 139 cm³/mol. The molecule has 1 fully saturated rings. The minimum absolute atomic E-state index is 0.169. The Morgan fingerprint density at radius 1 is 1.06 bits per heavy atom. The summed E-state index contributed by atoms with van der Waals surface area (Å²) in [5.74, 6) is -1.02. The molecule has 0 aromatic heterocycles. The van der Waals surface area contributed by atoms with Gasteiger partial charge in [0.05, 0.1) is 0 Å². The SMILES string of the molecule is CCNC(=O)C(=O)[C@H](Cc1ccccc1)NC(=O)[C@@H](NC(=O)CCCCC1CCSS1)C(C)C. The summed E-state index contributed by atoms with van der Waals surface area (Å²) in [4.78, 5) is 50.6. The Hall–Kier alpha value is -2.00. The summed E-state index contributed by atoms with van der Waals surface area (Å²) in [6, 6.07) is 7.43. The third-order valence-electron chi connectivity index (χ3n) is 5.65. The average molecular weight is 508 g/mol. The number of hydrogen-bond acceptors (Lipinski definition) is 6. The van der Waals surface area contributed by atoms with Crippen LogP contribution in [0.3, 0.4) is 0 Å². The molecule has 7 nitrogen and oxygen atoms in total. The maximum absolute atomic E-state index is 13.1. The van der Waals surface area contributed by atoms with Crippen LogP contribution >= 0.6 is 21.6 Å². The van der Waals surface area contributed by atoms with Crippen molar-refractivity contribution in [3.63, 3.8) is 0 Å². The van der Waals surface area contributed by atoms with Gasteiger partial charge in [-0.25, -0.2) is 0 Å². The highest BCUT2D eigenvalue weighted by atomic mass is 33.1. The molecule has 1 aromatic carbocycles. The van der Waals surface area contributed by atoms with E-state index in [1.54, 1.807) is 6.92 Å². The van der Waals surface area contributed by atoms with E-state index >= 15 is 0 Å². The van der Waals surface area contributed by atoms with Crippen LogP contribution in [0.15, 0.2) is 30.3 Å². The van der Waals surface area contributed by atoms with E-state index in [2.05, 4.69) is 16.0 Å². The lowest BCUT2D eigenvalue weighted by atomic mass is 9.98. The second kappa shape index (κ2) is 15.1. The molecule has 188 valence electrons. The number of likely N-dealkylation sites (N-methyl/N-ethyl adjacent to an activating group) is 1. The summed E-state index contributed by atoms with van der Waals surface area (Å²) in [7, 11) is 3.86. The van der Waals surface area contributed by atoms with Gasteiger partial charge in [-0.05, 0) is 37.7 Å². The molecule has 0 spiro atoms. The first-order chi connectivity index (χ1) is 16.3. The molecule has 1 saturated heterocycles. The van der Waals surface area contributed by atoms with Crippen LogP contribution in [0.25, 0.3) is 0 Å². The van der Waals surface area contributed by atoms with Crippen molar-refractivity contribution in [3.8, 4) is 0 Å².